The third kappa shape index (κ3) is 4.01. The van der Waals surface area contributed by atoms with E-state index in [-0.39, 0.29) is 11.3 Å². The maximum atomic E-state index is 12.8. The summed E-state index contributed by atoms with van der Waals surface area (Å²) in [4.78, 5) is 15.5. The van der Waals surface area contributed by atoms with Crippen LogP contribution in [-0.4, -0.2) is 46.6 Å². The smallest absolute Gasteiger partial charge is 0.267 e. The molecule has 0 aliphatic carbocycles. The summed E-state index contributed by atoms with van der Waals surface area (Å²) in [7, 11) is 0. The van der Waals surface area contributed by atoms with Gasteiger partial charge in [-0.1, -0.05) is 25.3 Å². The summed E-state index contributed by atoms with van der Waals surface area (Å²) in [6.45, 7) is 12.0. The number of piperidine rings is 1. The number of nitrogens with one attached hydrogen (secondary N) is 1. The molecule has 2 rings (SSSR count). The number of amides is 1. The van der Waals surface area contributed by atoms with Crippen molar-refractivity contribution in [3.63, 3.8) is 0 Å². The molecule has 0 spiro atoms. The monoisotopic (exact) mass is 310 g/mol. The molecule has 1 aromatic rings. The van der Waals surface area contributed by atoms with Crippen molar-refractivity contribution in [2.75, 3.05) is 26.2 Å². The minimum Gasteiger partial charge on any atom is -0.338 e. The molecule has 1 fully saturated rings. The predicted molar refractivity (Wildman–Crippen MR) is 85.8 cm³/mol. The molecule has 1 aromatic heterocycles. The first-order chi connectivity index (χ1) is 9.93. The average Bonchev–Trinajstić information content (AvgIpc) is 2.94. The van der Waals surface area contributed by atoms with E-state index in [2.05, 4.69) is 35.7 Å². The predicted octanol–water partition coefficient (Wildman–Crippen LogP) is 2.30. The zero-order valence-electron chi connectivity index (χ0n) is 13.5. The molecule has 0 saturated carbocycles. The van der Waals surface area contributed by atoms with Crippen LogP contribution in [0.25, 0.3) is 0 Å². The average molecular weight is 310 g/mol. The van der Waals surface area contributed by atoms with E-state index in [1.165, 1.54) is 11.5 Å². The Bertz CT molecular complexity index is 474. The first-order valence-electron chi connectivity index (χ1n) is 7.76. The molecule has 1 aliphatic heterocycles. The minimum atomic E-state index is -0.147. The van der Waals surface area contributed by atoms with Crippen LogP contribution in [0.5, 0.6) is 0 Å². The van der Waals surface area contributed by atoms with Gasteiger partial charge in [-0.3, -0.25) is 4.79 Å². The Hall–Kier alpha value is -1.01. The van der Waals surface area contributed by atoms with Crippen molar-refractivity contribution in [2.45, 2.75) is 46.0 Å². The van der Waals surface area contributed by atoms with Crippen molar-refractivity contribution >= 4 is 17.4 Å². The highest BCUT2D eigenvalue weighted by molar-refractivity contribution is 7.08. The lowest BCUT2D eigenvalue weighted by Gasteiger charge is -2.29. The highest BCUT2D eigenvalue weighted by atomic mass is 32.1. The molecule has 21 heavy (non-hydrogen) atoms. The molecule has 0 radical (unpaired) electrons. The van der Waals surface area contributed by atoms with Gasteiger partial charge < -0.3 is 10.2 Å². The summed E-state index contributed by atoms with van der Waals surface area (Å²) in [5.41, 5.74) is 0.674. The molecule has 1 aliphatic rings. The van der Waals surface area contributed by atoms with Crippen molar-refractivity contribution in [1.82, 2.24) is 19.8 Å². The van der Waals surface area contributed by atoms with E-state index in [0.717, 1.165) is 44.7 Å². The van der Waals surface area contributed by atoms with Crippen LogP contribution >= 0.6 is 11.5 Å². The second kappa shape index (κ2) is 6.83. The second-order valence-electron chi connectivity index (χ2n) is 6.74. The third-order valence-electron chi connectivity index (χ3n) is 4.00. The van der Waals surface area contributed by atoms with Gasteiger partial charge in [0.15, 0.2) is 0 Å². The van der Waals surface area contributed by atoms with E-state index in [1.54, 1.807) is 0 Å². The molecule has 0 bridgehead atoms. The summed E-state index contributed by atoms with van der Waals surface area (Å²) >= 11 is 1.23. The van der Waals surface area contributed by atoms with E-state index in [4.69, 9.17) is 0 Å². The number of nitrogens with zero attached hydrogens (tertiary/aromatic N) is 3. The molecule has 1 amide bonds. The van der Waals surface area contributed by atoms with Crippen molar-refractivity contribution in [3.8, 4) is 0 Å². The Kier molecular flexibility index (Phi) is 5.32. The Morgan fingerprint density at radius 3 is 2.62 bits per heavy atom. The fraction of sp³-hybridized carbons (Fsp3) is 0.800. The number of rotatable bonds is 4. The largest absolute Gasteiger partial charge is 0.338 e. The Morgan fingerprint density at radius 1 is 1.38 bits per heavy atom. The Balaban J connectivity index is 2.11. The number of carbonyl (C=O) groups excluding carboxylic acids is 1. The minimum absolute atomic E-state index is 0.0935. The molecule has 0 aromatic carbocycles. The summed E-state index contributed by atoms with van der Waals surface area (Å²) < 4.78 is 4.01. The maximum absolute atomic E-state index is 12.8. The fourth-order valence-corrected chi connectivity index (χ4v) is 3.54. The second-order valence-corrected chi connectivity index (χ2v) is 7.49. The fourth-order valence-electron chi connectivity index (χ4n) is 2.70. The SMILES string of the molecule is CCN(CC1CCNCC1)C(=O)c1snnc1C(C)(C)C. The van der Waals surface area contributed by atoms with Crippen molar-refractivity contribution in [2.24, 2.45) is 5.92 Å². The van der Waals surface area contributed by atoms with Crippen LogP contribution in [0.3, 0.4) is 0 Å². The lowest BCUT2D eigenvalue weighted by atomic mass is 9.91. The first kappa shape index (κ1) is 16.4. The molecule has 1 N–H and O–H groups in total. The molecule has 118 valence electrons. The van der Waals surface area contributed by atoms with Gasteiger partial charge in [0, 0.05) is 18.5 Å². The zero-order valence-corrected chi connectivity index (χ0v) is 14.3. The highest BCUT2D eigenvalue weighted by Crippen LogP contribution is 2.27. The summed E-state index contributed by atoms with van der Waals surface area (Å²) in [6, 6.07) is 0. The summed E-state index contributed by atoms with van der Waals surface area (Å²) in [5, 5.41) is 7.55. The Morgan fingerprint density at radius 2 is 2.05 bits per heavy atom. The summed E-state index contributed by atoms with van der Waals surface area (Å²) in [5.74, 6) is 0.699. The van der Waals surface area contributed by atoms with Crippen LogP contribution in [0.1, 0.15) is 55.9 Å². The maximum Gasteiger partial charge on any atom is 0.267 e. The Labute approximate surface area is 131 Å². The lowest BCUT2D eigenvalue weighted by molar-refractivity contribution is 0.0729. The topological polar surface area (TPSA) is 58.1 Å². The molecule has 6 heteroatoms. The van der Waals surface area contributed by atoms with Gasteiger partial charge in [0.05, 0.1) is 5.69 Å². The molecule has 0 unspecified atom stereocenters. The van der Waals surface area contributed by atoms with Crippen LogP contribution in [0.15, 0.2) is 0 Å². The quantitative estimate of drug-likeness (QED) is 0.927. The molecule has 1 saturated heterocycles. The van der Waals surface area contributed by atoms with Gasteiger partial charge in [0.2, 0.25) is 0 Å². The first-order valence-corrected chi connectivity index (χ1v) is 8.53. The normalized spacial score (nSPS) is 17.0. The van der Waals surface area contributed by atoms with Crippen molar-refractivity contribution < 1.29 is 4.79 Å². The van der Waals surface area contributed by atoms with E-state index in [9.17, 15) is 4.79 Å². The highest BCUT2D eigenvalue weighted by Gasteiger charge is 2.29. The standard InChI is InChI=1S/C15H26N4OS/c1-5-19(10-11-6-8-16-9-7-11)14(20)12-13(15(2,3)4)17-18-21-12/h11,16H,5-10H2,1-4H3. The van der Waals surface area contributed by atoms with Crippen LogP contribution < -0.4 is 5.32 Å². The molecule has 2 heterocycles. The van der Waals surface area contributed by atoms with E-state index >= 15 is 0 Å². The molecule has 5 nitrogen and oxygen atoms in total. The van der Waals surface area contributed by atoms with Crippen molar-refractivity contribution in [3.05, 3.63) is 10.6 Å². The van der Waals surface area contributed by atoms with Crippen molar-refractivity contribution in [1.29, 1.82) is 0 Å². The number of aromatic nitrogens is 2. The molecule has 0 atom stereocenters. The van der Waals surface area contributed by atoms with Gasteiger partial charge in [-0.25, -0.2) is 0 Å². The van der Waals surface area contributed by atoms with E-state index in [1.807, 2.05) is 11.8 Å². The van der Waals surface area contributed by atoms with Gasteiger partial charge in [-0.2, -0.15) is 0 Å². The van der Waals surface area contributed by atoms with Gasteiger partial charge in [-0.15, -0.1) is 5.10 Å². The molecular weight excluding hydrogens is 284 g/mol. The van der Waals surface area contributed by atoms with Gasteiger partial charge in [0.25, 0.3) is 5.91 Å². The van der Waals surface area contributed by atoms with Crippen LogP contribution in [-0.2, 0) is 5.41 Å². The van der Waals surface area contributed by atoms with Gasteiger partial charge in [0.1, 0.15) is 4.88 Å². The zero-order chi connectivity index (χ0) is 15.5. The van der Waals surface area contributed by atoms with Gasteiger partial charge >= 0.3 is 0 Å². The van der Waals surface area contributed by atoms with Crippen LogP contribution in [0.4, 0.5) is 0 Å². The molecular formula is C15H26N4OS. The number of hydrogen-bond donors (Lipinski definition) is 1. The van der Waals surface area contributed by atoms with E-state index in [0.29, 0.717) is 10.8 Å². The van der Waals surface area contributed by atoms with E-state index < -0.39 is 0 Å². The van der Waals surface area contributed by atoms with Gasteiger partial charge in [-0.05, 0) is 50.3 Å². The third-order valence-corrected chi connectivity index (χ3v) is 4.71. The summed E-state index contributed by atoms with van der Waals surface area (Å²) in [6.07, 6.45) is 2.30. The number of hydrogen-bond acceptors (Lipinski definition) is 5. The van der Waals surface area contributed by atoms with Crippen LogP contribution in [0.2, 0.25) is 0 Å². The number of carbonyl (C=O) groups is 1. The van der Waals surface area contributed by atoms with Crippen LogP contribution in [0, 0.1) is 5.92 Å². The lowest BCUT2D eigenvalue weighted by Crippen LogP contribution is -2.39.